The van der Waals surface area contributed by atoms with Gasteiger partial charge in [-0.25, -0.2) is 4.79 Å². The highest BCUT2D eigenvalue weighted by Gasteiger charge is 2.17. The summed E-state index contributed by atoms with van der Waals surface area (Å²) in [5, 5.41) is 10.3. The molecule has 0 aromatic rings. The van der Waals surface area contributed by atoms with Crippen molar-refractivity contribution in [3.8, 4) is 0 Å². The Bertz CT molecular complexity index is 92.9. The van der Waals surface area contributed by atoms with Crippen LogP contribution in [0.15, 0.2) is 0 Å². The van der Waals surface area contributed by atoms with Crippen LogP contribution in [0.3, 0.4) is 0 Å². The normalized spacial score (nSPS) is 29.3. The molecule has 1 saturated heterocycles. The summed E-state index contributed by atoms with van der Waals surface area (Å²) >= 11 is 0. The second-order valence-electron chi connectivity index (χ2n) is 1.05. The van der Waals surface area contributed by atoms with Crippen molar-refractivity contribution in [3.63, 3.8) is 0 Å². The minimum Gasteiger partial charge on any atom is -0.359 e. The predicted octanol–water partition coefficient (Wildman–Crippen LogP) is -1.49. The third-order valence-corrected chi connectivity index (χ3v) is 0.518. The standard InChI is InChI=1S/C2H4N2O3/c5-1-3-2(6)7-4-1/h1,4-5H,(H,3,6). The van der Waals surface area contributed by atoms with Crippen LogP contribution in [0.1, 0.15) is 0 Å². The molecule has 3 N–H and O–H groups in total. The molecule has 0 saturated carbocycles. The van der Waals surface area contributed by atoms with Gasteiger partial charge in [0.05, 0.1) is 0 Å². The van der Waals surface area contributed by atoms with Gasteiger partial charge in [-0.1, -0.05) is 0 Å². The number of hydrogen-bond donors (Lipinski definition) is 3. The van der Waals surface area contributed by atoms with Crippen molar-refractivity contribution < 1.29 is 14.7 Å². The third kappa shape index (κ3) is 0.787. The predicted molar refractivity (Wildman–Crippen MR) is 18.8 cm³/mol. The highest BCUT2D eigenvalue weighted by Crippen LogP contribution is 1.82. The molecule has 1 heterocycles. The van der Waals surface area contributed by atoms with E-state index in [-0.39, 0.29) is 0 Å². The Kier molecular flexibility index (Phi) is 0.844. The first-order chi connectivity index (χ1) is 3.29. The van der Waals surface area contributed by atoms with Crippen molar-refractivity contribution in [2.75, 3.05) is 0 Å². The average Bonchev–Trinajstić information content (AvgIpc) is 1.87. The van der Waals surface area contributed by atoms with E-state index in [1.165, 1.54) is 0 Å². The Morgan fingerprint density at radius 3 is 2.71 bits per heavy atom. The molecular weight excluding hydrogens is 100 g/mol. The van der Waals surface area contributed by atoms with Crippen molar-refractivity contribution in [3.05, 3.63) is 0 Å². The topological polar surface area (TPSA) is 70.6 Å². The highest BCUT2D eigenvalue weighted by atomic mass is 16.7. The summed E-state index contributed by atoms with van der Waals surface area (Å²) in [7, 11) is 0. The average molecular weight is 104 g/mol. The Balaban J connectivity index is 2.40. The number of nitrogens with one attached hydrogen (secondary N) is 2. The fourth-order valence-electron chi connectivity index (χ4n) is 0.280. The van der Waals surface area contributed by atoms with Crippen molar-refractivity contribution in [1.29, 1.82) is 0 Å². The van der Waals surface area contributed by atoms with Crippen molar-refractivity contribution in [1.82, 2.24) is 10.8 Å². The first-order valence-electron chi connectivity index (χ1n) is 1.70. The molecule has 40 valence electrons. The second kappa shape index (κ2) is 1.36. The van der Waals surface area contributed by atoms with Crippen LogP contribution in [0, 0.1) is 0 Å². The van der Waals surface area contributed by atoms with Gasteiger partial charge in [0.2, 0.25) is 6.35 Å². The zero-order chi connectivity index (χ0) is 5.28. The maximum absolute atomic E-state index is 9.90. The maximum Gasteiger partial charge on any atom is 0.429 e. The highest BCUT2D eigenvalue weighted by molar-refractivity contribution is 5.68. The Hall–Kier alpha value is -0.810. The summed E-state index contributed by atoms with van der Waals surface area (Å²) in [5.41, 5.74) is 1.96. The van der Waals surface area contributed by atoms with Crippen LogP contribution in [0.4, 0.5) is 4.79 Å². The Morgan fingerprint density at radius 2 is 2.57 bits per heavy atom. The number of amides is 1. The van der Waals surface area contributed by atoms with Crippen LogP contribution in [0.2, 0.25) is 0 Å². The first kappa shape index (κ1) is 4.35. The van der Waals surface area contributed by atoms with E-state index in [9.17, 15) is 4.79 Å². The lowest BCUT2D eigenvalue weighted by Gasteiger charge is -1.91. The van der Waals surface area contributed by atoms with Crippen molar-refractivity contribution in [2.24, 2.45) is 0 Å². The third-order valence-electron chi connectivity index (χ3n) is 0.518. The zero-order valence-corrected chi connectivity index (χ0v) is 3.34. The van der Waals surface area contributed by atoms with Gasteiger partial charge in [0, 0.05) is 0 Å². The molecular formula is C2H4N2O3. The molecule has 0 bridgehead atoms. The lowest BCUT2D eigenvalue weighted by Crippen LogP contribution is -2.30. The van der Waals surface area contributed by atoms with Crippen LogP contribution in [0.25, 0.3) is 0 Å². The van der Waals surface area contributed by atoms with Gasteiger partial charge in [-0.15, -0.1) is 5.48 Å². The molecule has 0 aromatic carbocycles. The summed E-state index contributed by atoms with van der Waals surface area (Å²) in [4.78, 5) is 13.9. The van der Waals surface area contributed by atoms with Gasteiger partial charge < -0.3 is 9.94 Å². The SMILES string of the molecule is O=C1NC(O)NO1. The van der Waals surface area contributed by atoms with Crippen LogP contribution >= 0.6 is 0 Å². The summed E-state index contributed by atoms with van der Waals surface area (Å²) in [5.74, 6) is 0. The van der Waals surface area contributed by atoms with E-state index in [0.717, 1.165) is 0 Å². The van der Waals surface area contributed by atoms with Gasteiger partial charge in [-0.3, -0.25) is 5.32 Å². The monoisotopic (exact) mass is 104 g/mol. The molecule has 5 nitrogen and oxygen atoms in total. The molecule has 1 atom stereocenters. The largest absolute Gasteiger partial charge is 0.429 e. The minimum absolute atomic E-state index is 0.660. The summed E-state index contributed by atoms with van der Waals surface area (Å²) in [6, 6.07) is 0. The van der Waals surface area contributed by atoms with E-state index < -0.39 is 12.4 Å². The van der Waals surface area contributed by atoms with Crippen LogP contribution < -0.4 is 10.8 Å². The molecule has 0 aliphatic carbocycles. The first-order valence-corrected chi connectivity index (χ1v) is 1.70. The molecule has 1 rings (SSSR count). The lowest BCUT2D eigenvalue weighted by atomic mass is 11.0. The molecule has 0 spiro atoms. The number of aliphatic hydroxyl groups is 1. The number of rotatable bonds is 0. The molecule has 0 aromatic heterocycles. The quantitative estimate of drug-likeness (QED) is 0.350. The van der Waals surface area contributed by atoms with E-state index in [0.29, 0.717) is 0 Å². The number of hydrogen-bond acceptors (Lipinski definition) is 4. The molecule has 1 fully saturated rings. The van der Waals surface area contributed by atoms with E-state index in [1.54, 1.807) is 0 Å². The van der Waals surface area contributed by atoms with E-state index >= 15 is 0 Å². The molecule has 1 aliphatic rings. The molecule has 1 amide bonds. The van der Waals surface area contributed by atoms with Gasteiger partial charge in [-0.05, 0) is 0 Å². The minimum atomic E-state index is -1.05. The fraction of sp³-hybridized carbons (Fsp3) is 0.500. The summed E-state index contributed by atoms with van der Waals surface area (Å²) < 4.78 is 0. The number of carbonyl (C=O) groups excluding carboxylic acids is 1. The molecule has 1 unspecified atom stereocenters. The van der Waals surface area contributed by atoms with Gasteiger partial charge >= 0.3 is 6.09 Å². The van der Waals surface area contributed by atoms with Crippen molar-refractivity contribution in [2.45, 2.75) is 6.35 Å². The molecule has 1 aliphatic heterocycles. The van der Waals surface area contributed by atoms with Crippen LogP contribution in [-0.4, -0.2) is 17.6 Å². The zero-order valence-electron chi connectivity index (χ0n) is 3.34. The summed E-state index contributed by atoms with van der Waals surface area (Å²) in [6.07, 6.45) is -1.71. The van der Waals surface area contributed by atoms with E-state index in [1.807, 2.05) is 10.8 Å². The Morgan fingerprint density at radius 1 is 1.86 bits per heavy atom. The maximum atomic E-state index is 9.90. The number of hydroxylamine groups is 1. The van der Waals surface area contributed by atoms with Gasteiger partial charge in [0.25, 0.3) is 0 Å². The molecule has 0 radical (unpaired) electrons. The van der Waals surface area contributed by atoms with Crippen LogP contribution in [0.5, 0.6) is 0 Å². The Labute approximate surface area is 39.2 Å². The second-order valence-corrected chi connectivity index (χ2v) is 1.05. The van der Waals surface area contributed by atoms with Gasteiger partial charge in [0.15, 0.2) is 0 Å². The fourth-order valence-corrected chi connectivity index (χ4v) is 0.280. The van der Waals surface area contributed by atoms with E-state index in [4.69, 9.17) is 5.11 Å². The van der Waals surface area contributed by atoms with Gasteiger partial charge in [0.1, 0.15) is 0 Å². The molecule has 5 heteroatoms. The molecule has 7 heavy (non-hydrogen) atoms. The van der Waals surface area contributed by atoms with Crippen molar-refractivity contribution >= 4 is 6.09 Å². The lowest BCUT2D eigenvalue weighted by molar-refractivity contribution is 0.0416. The number of aliphatic hydroxyl groups excluding tert-OH is 1. The smallest absolute Gasteiger partial charge is 0.359 e. The summed E-state index contributed by atoms with van der Waals surface area (Å²) in [6.45, 7) is 0. The van der Waals surface area contributed by atoms with Crippen LogP contribution in [-0.2, 0) is 4.84 Å². The van der Waals surface area contributed by atoms with Gasteiger partial charge in [-0.2, -0.15) is 0 Å². The number of carbonyl (C=O) groups is 1. The van der Waals surface area contributed by atoms with E-state index in [2.05, 4.69) is 4.84 Å².